The normalized spacial score (nSPS) is 24.8. The van der Waals surface area contributed by atoms with Gasteiger partial charge in [0.25, 0.3) is 0 Å². The summed E-state index contributed by atoms with van der Waals surface area (Å²) in [7, 11) is 0. The van der Waals surface area contributed by atoms with Crippen molar-refractivity contribution in [1.82, 2.24) is 4.90 Å². The lowest BCUT2D eigenvalue weighted by Crippen LogP contribution is -2.43. The lowest BCUT2D eigenvalue weighted by atomic mass is 10.1. The molecule has 1 rings (SSSR count). The molecule has 3 heteroatoms. The molecular weight excluding hydrogens is 173 g/mol. The first kappa shape index (κ1) is 10.3. The van der Waals surface area contributed by atoms with E-state index in [0.29, 0.717) is 18.9 Å². The number of hydrogen-bond donors (Lipinski definition) is 0. The topological polar surface area (TPSA) is 3.24 Å². The van der Waals surface area contributed by atoms with E-state index >= 15 is 0 Å². The minimum Gasteiger partial charge on any atom is -0.301 e. The molecule has 1 fully saturated rings. The van der Waals surface area contributed by atoms with E-state index in [0.717, 1.165) is 13.1 Å². The first-order chi connectivity index (χ1) is 5.57. The van der Waals surface area contributed by atoms with Crippen LogP contribution in [0.3, 0.4) is 0 Å². The molecule has 72 valence electrons. The van der Waals surface area contributed by atoms with Gasteiger partial charge in [-0.1, -0.05) is 0 Å². The predicted molar refractivity (Wildman–Crippen MR) is 53.3 cm³/mol. The third kappa shape index (κ3) is 2.36. The van der Waals surface area contributed by atoms with Crippen molar-refractivity contribution in [2.75, 3.05) is 19.3 Å². The molecule has 0 N–H and O–H groups in total. The number of likely N-dealkylation sites (tertiary alicyclic amines) is 1. The van der Waals surface area contributed by atoms with Gasteiger partial charge >= 0.3 is 0 Å². The molecule has 0 atom stereocenters. The molecule has 1 aliphatic rings. The Morgan fingerprint density at radius 2 is 1.83 bits per heavy atom. The first-order valence-electron chi connectivity index (χ1n) is 4.55. The van der Waals surface area contributed by atoms with Crippen LogP contribution in [0.5, 0.6) is 0 Å². The molecule has 0 amide bonds. The second-order valence-electron chi connectivity index (χ2n) is 3.72. The predicted octanol–water partition coefficient (Wildman–Crippen LogP) is 2.52. The highest BCUT2D eigenvalue weighted by molar-refractivity contribution is 7.99. The highest BCUT2D eigenvalue weighted by atomic mass is 32.2. The number of thioether (sulfide) groups is 1. The molecule has 0 aromatic carbocycles. The molecule has 1 saturated heterocycles. The summed E-state index contributed by atoms with van der Waals surface area (Å²) in [6, 6.07) is 0.566. The largest absolute Gasteiger partial charge is 0.301 e. The van der Waals surface area contributed by atoms with E-state index in [1.165, 1.54) is 11.8 Å². The second kappa shape index (κ2) is 3.97. The van der Waals surface area contributed by atoms with Gasteiger partial charge in [-0.2, -0.15) is 0 Å². The van der Waals surface area contributed by atoms with Gasteiger partial charge in [0.05, 0.1) is 0 Å². The van der Waals surface area contributed by atoms with Gasteiger partial charge in [0.15, 0.2) is 5.00 Å². The number of piperidine rings is 1. The Labute approximate surface area is 78.7 Å². The Balaban J connectivity index is 2.39. The summed E-state index contributed by atoms with van der Waals surface area (Å²) in [5.74, 6) is 0. The molecule has 0 spiro atoms. The molecule has 1 nitrogen and oxygen atoms in total. The number of hydrogen-bond acceptors (Lipinski definition) is 2. The van der Waals surface area contributed by atoms with Gasteiger partial charge < -0.3 is 4.90 Å². The van der Waals surface area contributed by atoms with Crippen molar-refractivity contribution >= 4 is 11.8 Å². The van der Waals surface area contributed by atoms with Crippen molar-refractivity contribution in [2.45, 2.75) is 37.7 Å². The van der Waals surface area contributed by atoms with Gasteiger partial charge in [-0.05, 0) is 20.1 Å². The molecule has 0 saturated carbocycles. The average Bonchev–Trinajstić information content (AvgIpc) is 2.05. The van der Waals surface area contributed by atoms with Gasteiger partial charge in [0.1, 0.15) is 0 Å². The fraction of sp³-hybridized carbons (Fsp3) is 1.00. The highest BCUT2D eigenvalue weighted by Crippen LogP contribution is 2.35. The molecular formula is C9H18FNS. The van der Waals surface area contributed by atoms with Crippen molar-refractivity contribution in [3.8, 4) is 0 Å². The van der Waals surface area contributed by atoms with E-state index in [1.807, 2.05) is 6.26 Å². The van der Waals surface area contributed by atoms with Crippen LogP contribution in [0.1, 0.15) is 26.7 Å². The van der Waals surface area contributed by atoms with Crippen LogP contribution in [0.2, 0.25) is 0 Å². The zero-order chi connectivity index (χ0) is 9.19. The summed E-state index contributed by atoms with van der Waals surface area (Å²) in [5, 5.41) is -0.939. The Morgan fingerprint density at radius 1 is 1.33 bits per heavy atom. The first-order valence-corrected chi connectivity index (χ1v) is 5.78. The van der Waals surface area contributed by atoms with Crippen molar-refractivity contribution in [3.63, 3.8) is 0 Å². The van der Waals surface area contributed by atoms with Crippen molar-refractivity contribution < 1.29 is 4.39 Å². The van der Waals surface area contributed by atoms with Crippen molar-refractivity contribution in [2.24, 2.45) is 0 Å². The van der Waals surface area contributed by atoms with Crippen LogP contribution in [0.25, 0.3) is 0 Å². The van der Waals surface area contributed by atoms with Crippen molar-refractivity contribution in [1.29, 1.82) is 0 Å². The minimum absolute atomic E-state index is 0.566. The van der Waals surface area contributed by atoms with Gasteiger partial charge in [-0.25, -0.2) is 4.39 Å². The zero-order valence-corrected chi connectivity index (χ0v) is 8.96. The summed E-state index contributed by atoms with van der Waals surface area (Å²) >= 11 is 1.37. The van der Waals surface area contributed by atoms with Crippen LogP contribution < -0.4 is 0 Å². The van der Waals surface area contributed by atoms with E-state index in [4.69, 9.17) is 0 Å². The maximum absolute atomic E-state index is 13.7. The molecule has 1 heterocycles. The molecule has 12 heavy (non-hydrogen) atoms. The second-order valence-corrected chi connectivity index (χ2v) is 4.86. The lowest BCUT2D eigenvalue weighted by molar-refractivity contribution is 0.106. The summed E-state index contributed by atoms with van der Waals surface area (Å²) in [6.45, 7) is 6.17. The van der Waals surface area contributed by atoms with Gasteiger partial charge in [-0.3, -0.25) is 0 Å². The van der Waals surface area contributed by atoms with Crippen LogP contribution in [0, 0.1) is 0 Å². The molecule has 0 radical (unpaired) electrons. The summed E-state index contributed by atoms with van der Waals surface area (Å²) in [4.78, 5) is 2.34. The summed E-state index contributed by atoms with van der Waals surface area (Å²) < 4.78 is 13.7. The Kier molecular flexibility index (Phi) is 3.41. The quantitative estimate of drug-likeness (QED) is 0.660. The van der Waals surface area contributed by atoms with E-state index in [9.17, 15) is 4.39 Å². The van der Waals surface area contributed by atoms with Crippen LogP contribution in [-0.2, 0) is 0 Å². The standard InChI is InChI=1S/C9H18FNS/c1-8(2)11-6-4-9(10,12-3)5-7-11/h8H,4-7H2,1-3H3. The van der Waals surface area contributed by atoms with Gasteiger partial charge in [-0.15, -0.1) is 11.8 Å². The number of alkyl halides is 1. The SMILES string of the molecule is CSC1(F)CCN(C(C)C)CC1. The Morgan fingerprint density at radius 3 is 2.17 bits per heavy atom. The van der Waals surface area contributed by atoms with E-state index in [-0.39, 0.29) is 0 Å². The maximum Gasteiger partial charge on any atom is 0.158 e. The maximum atomic E-state index is 13.7. The number of nitrogens with zero attached hydrogens (tertiary/aromatic N) is 1. The Bertz CT molecular complexity index is 141. The fourth-order valence-electron chi connectivity index (χ4n) is 1.58. The van der Waals surface area contributed by atoms with E-state index < -0.39 is 5.00 Å². The molecule has 0 aliphatic carbocycles. The van der Waals surface area contributed by atoms with Crippen molar-refractivity contribution in [3.05, 3.63) is 0 Å². The zero-order valence-electron chi connectivity index (χ0n) is 8.14. The van der Waals surface area contributed by atoms with E-state index in [2.05, 4.69) is 18.7 Å². The Hall–Kier alpha value is 0.240. The number of rotatable bonds is 2. The lowest BCUT2D eigenvalue weighted by Gasteiger charge is -2.37. The van der Waals surface area contributed by atoms with E-state index in [1.54, 1.807) is 0 Å². The molecule has 0 bridgehead atoms. The number of halogens is 1. The monoisotopic (exact) mass is 191 g/mol. The van der Waals surface area contributed by atoms with Gasteiger partial charge in [0.2, 0.25) is 0 Å². The van der Waals surface area contributed by atoms with Crippen LogP contribution in [0.15, 0.2) is 0 Å². The third-order valence-electron chi connectivity index (χ3n) is 2.64. The molecule has 1 aliphatic heterocycles. The molecule has 0 aromatic heterocycles. The summed E-state index contributed by atoms with van der Waals surface area (Å²) in [6.07, 6.45) is 3.24. The fourth-order valence-corrected chi connectivity index (χ4v) is 2.17. The van der Waals surface area contributed by atoms with Crippen LogP contribution in [0.4, 0.5) is 4.39 Å². The van der Waals surface area contributed by atoms with Crippen LogP contribution >= 0.6 is 11.8 Å². The van der Waals surface area contributed by atoms with Crippen LogP contribution in [-0.4, -0.2) is 35.3 Å². The third-order valence-corrected chi connectivity index (χ3v) is 3.78. The molecule has 0 aromatic rings. The average molecular weight is 191 g/mol. The highest BCUT2D eigenvalue weighted by Gasteiger charge is 2.33. The van der Waals surface area contributed by atoms with Gasteiger partial charge in [0, 0.05) is 32.0 Å². The smallest absolute Gasteiger partial charge is 0.158 e. The summed E-state index contributed by atoms with van der Waals surface area (Å²) in [5.41, 5.74) is 0. The molecule has 0 unspecified atom stereocenters. The minimum atomic E-state index is -0.939.